The van der Waals surface area contributed by atoms with Crippen LogP contribution in [-0.4, -0.2) is 109 Å². The van der Waals surface area contributed by atoms with Crippen LogP contribution >= 0.6 is 23.2 Å². The standard InChI is InChI=1S/C39H46Cl2F2N4O9S/c1-45-11-13-46(14-12-45)15-16-47(57(2,50)51)32-9-7-28(18-35(32)52-22-25-3-4-25)38(49)54-24-37(48)55-34(19-29-30(40)20-44-21-31(29)41)27-8-10-33(56-39(42)43)36(17-27)53-23-26-5-6-26/h7-10,17-18,20-21,25-26,34,39H,3-6,11-16,19,22-24H2,1-2H3/p+1. The van der Waals surface area contributed by atoms with Gasteiger partial charge in [-0.3, -0.25) is 9.21 Å². The summed E-state index contributed by atoms with van der Waals surface area (Å²) in [6.07, 6.45) is 6.93. The minimum Gasteiger partial charge on any atom is -0.491 e. The quantitative estimate of drug-likeness (QED) is 0.130. The number of carbonyl (C=O) groups excluding carboxylic acids is 2. The van der Waals surface area contributed by atoms with Gasteiger partial charge in [0.1, 0.15) is 21.9 Å². The summed E-state index contributed by atoms with van der Waals surface area (Å²) in [6, 6.07) is 8.57. The van der Waals surface area contributed by atoms with E-state index < -0.39 is 41.3 Å². The normalized spacial score (nSPS) is 16.9. The molecule has 0 spiro atoms. The van der Waals surface area contributed by atoms with Gasteiger partial charge in [-0.15, -0.1) is 0 Å². The highest BCUT2D eigenvalue weighted by atomic mass is 35.5. The van der Waals surface area contributed by atoms with Gasteiger partial charge in [0, 0.05) is 51.3 Å². The lowest BCUT2D eigenvalue weighted by Crippen LogP contribution is -2.47. The Balaban J connectivity index is 1.18. The van der Waals surface area contributed by atoms with Gasteiger partial charge in [0.25, 0.3) is 0 Å². The van der Waals surface area contributed by atoms with Crippen molar-refractivity contribution in [1.82, 2.24) is 9.80 Å². The largest absolute Gasteiger partial charge is 0.491 e. The highest BCUT2D eigenvalue weighted by Gasteiger charge is 2.29. The number of halogens is 4. The number of aromatic amines is 1. The van der Waals surface area contributed by atoms with Crippen LogP contribution in [0.4, 0.5) is 14.5 Å². The SMILES string of the molecule is CN1CCN(CCN(c2ccc(C(=O)OCC(=O)OC(Cc3c(Cl)c[nH+]cc3Cl)c3ccc(OC(F)F)c(OCC4CC4)c3)cc2OCC2CC2)S(C)(=O)=O)CC1. The maximum atomic E-state index is 13.4. The predicted molar refractivity (Wildman–Crippen MR) is 208 cm³/mol. The number of esters is 2. The zero-order chi connectivity index (χ0) is 40.7. The van der Waals surface area contributed by atoms with Crippen molar-refractivity contribution in [3.8, 4) is 17.2 Å². The summed E-state index contributed by atoms with van der Waals surface area (Å²) in [6.45, 7) is 0.869. The molecule has 1 aliphatic heterocycles. The highest BCUT2D eigenvalue weighted by molar-refractivity contribution is 7.92. The van der Waals surface area contributed by atoms with Crippen LogP contribution in [0.25, 0.3) is 0 Å². The van der Waals surface area contributed by atoms with Gasteiger partial charge in [0.05, 0.1) is 30.7 Å². The van der Waals surface area contributed by atoms with E-state index in [0.717, 1.165) is 58.1 Å². The number of sulfonamides is 1. The van der Waals surface area contributed by atoms with Gasteiger partial charge >= 0.3 is 18.6 Å². The third-order valence-corrected chi connectivity index (χ3v) is 11.8. The first-order valence-electron chi connectivity index (χ1n) is 18.8. The molecule has 3 fully saturated rings. The molecule has 57 heavy (non-hydrogen) atoms. The summed E-state index contributed by atoms with van der Waals surface area (Å²) in [7, 11) is -1.69. The number of pyridine rings is 1. The molecule has 0 bridgehead atoms. The van der Waals surface area contributed by atoms with Crippen molar-refractivity contribution >= 4 is 50.9 Å². The summed E-state index contributed by atoms with van der Waals surface area (Å²) in [4.78, 5) is 33.9. The summed E-state index contributed by atoms with van der Waals surface area (Å²) >= 11 is 12.9. The zero-order valence-corrected chi connectivity index (χ0v) is 34.1. The third-order valence-electron chi connectivity index (χ3n) is 9.96. The number of benzene rings is 2. The molecule has 6 rings (SSSR count). The summed E-state index contributed by atoms with van der Waals surface area (Å²) in [5, 5.41) is 0.518. The first-order chi connectivity index (χ1) is 27.2. The van der Waals surface area contributed by atoms with Gasteiger partial charge in [-0.25, -0.2) is 23.0 Å². The Labute approximate surface area is 341 Å². The fourth-order valence-corrected chi connectivity index (χ4v) is 7.69. The molecule has 2 aliphatic carbocycles. The van der Waals surface area contributed by atoms with Crippen LogP contribution < -0.4 is 23.5 Å². The molecule has 18 heteroatoms. The van der Waals surface area contributed by atoms with E-state index >= 15 is 0 Å². The van der Waals surface area contributed by atoms with Crippen molar-refractivity contribution in [2.24, 2.45) is 11.8 Å². The van der Waals surface area contributed by atoms with E-state index in [1.54, 1.807) is 0 Å². The average Bonchev–Trinajstić information content (AvgIpc) is 4.11. The van der Waals surface area contributed by atoms with Crippen LogP contribution in [0.2, 0.25) is 10.0 Å². The van der Waals surface area contributed by atoms with Crippen LogP contribution in [0.15, 0.2) is 48.8 Å². The molecule has 3 aliphatic rings. The smallest absolute Gasteiger partial charge is 0.387 e. The number of H-pyrrole nitrogens is 1. The summed E-state index contributed by atoms with van der Waals surface area (Å²) in [5.74, 6) is -1.09. The van der Waals surface area contributed by atoms with Crippen LogP contribution in [0.3, 0.4) is 0 Å². The Morgan fingerprint density at radius 1 is 0.912 bits per heavy atom. The molecule has 1 atom stereocenters. The minimum atomic E-state index is -3.73. The average molecular weight is 857 g/mol. The number of alkyl halides is 2. The predicted octanol–water partition coefficient (Wildman–Crippen LogP) is 5.68. The van der Waals surface area contributed by atoms with Crippen LogP contribution in [0.5, 0.6) is 17.2 Å². The highest BCUT2D eigenvalue weighted by Crippen LogP contribution is 2.38. The van der Waals surface area contributed by atoms with Crippen LogP contribution in [0.1, 0.15) is 53.3 Å². The Kier molecular flexibility index (Phi) is 14.4. The first kappa shape index (κ1) is 42.6. The Hall–Kier alpha value is -3.96. The Morgan fingerprint density at radius 3 is 2.18 bits per heavy atom. The van der Waals surface area contributed by atoms with Gasteiger partial charge in [-0.2, -0.15) is 8.78 Å². The second kappa shape index (κ2) is 19.2. The molecule has 310 valence electrons. The van der Waals surface area contributed by atoms with Crippen molar-refractivity contribution in [2.75, 3.05) is 76.7 Å². The number of aromatic nitrogens is 1. The lowest BCUT2D eigenvalue weighted by Gasteiger charge is -2.34. The van der Waals surface area contributed by atoms with Crippen LogP contribution in [0, 0.1) is 11.8 Å². The number of anilines is 1. The van der Waals surface area contributed by atoms with E-state index in [9.17, 15) is 26.8 Å². The molecular weight excluding hydrogens is 809 g/mol. The van der Waals surface area contributed by atoms with Gasteiger partial charge < -0.3 is 28.6 Å². The molecule has 0 radical (unpaired) electrons. The Bertz CT molecular complexity index is 1980. The van der Waals surface area contributed by atoms with Gasteiger partial charge in [0.2, 0.25) is 10.0 Å². The van der Waals surface area contributed by atoms with E-state index in [2.05, 4.69) is 19.5 Å². The maximum Gasteiger partial charge on any atom is 0.387 e. The summed E-state index contributed by atoms with van der Waals surface area (Å²) in [5.41, 5.74) is 1.13. The first-order valence-corrected chi connectivity index (χ1v) is 21.4. The molecule has 2 saturated carbocycles. The van der Waals surface area contributed by atoms with E-state index in [4.69, 9.17) is 42.1 Å². The van der Waals surface area contributed by atoms with E-state index in [0.29, 0.717) is 48.4 Å². The van der Waals surface area contributed by atoms with E-state index in [1.807, 2.05) is 7.05 Å². The van der Waals surface area contributed by atoms with Crippen molar-refractivity contribution in [3.05, 3.63) is 75.5 Å². The lowest BCUT2D eigenvalue weighted by molar-refractivity contribution is -0.377. The number of likely N-dealkylation sites (N-methyl/N-ethyl adjacent to an activating group) is 1. The fourth-order valence-electron chi connectivity index (χ4n) is 6.23. The zero-order valence-electron chi connectivity index (χ0n) is 31.8. The summed E-state index contributed by atoms with van der Waals surface area (Å²) < 4.78 is 81.7. The topological polar surface area (TPSA) is 138 Å². The molecule has 13 nitrogen and oxygen atoms in total. The number of hydrogen-bond acceptors (Lipinski definition) is 11. The number of ether oxygens (including phenoxy) is 5. The molecule has 1 aromatic heterocycles. The minimum absolute atomic E-state index is 0.0298. The van der Waals surface area contributed by atoms with Crippen LogP contribution in [-0.2, 0) is 30.7 Å². The Morgan fingerprint density at radius 2 is 1.56 bits per heavy atom. The van der Waals surface area contributed by atoms with Crippen molar-refractivity contribution in [3.63, 3.8) is 0 Å². The van der Waals surface area contributed by atoms with Gasteiger partial charge in [-0.05, 0) is 80.5 Å². The number of piperazine rings is 1. The number of carbonyl (C=O) groups is 2. The number of hydrogen-bond donors (Lipinski definition) is 0. The monoisotopic (exact) mass is 855 g/mol. The fraction of sp³-hybridized carbons (Fsp3) is 0.513. The van der Waals surface area contributed by atoms with Gasteiger partial charge in [-0.1, -0.05) is 29.3 Å². The van der Waals surface area contributed by atoms with E-state index in [1.165, 1.54) is 53.1 Å². The number of nitrogens with one attached hydrogen (secondary N) is 1. The number of rotatable bonds is 20. The molecular formula is C39H47Cl2F2N4O9S+. The molecule has 1 N–H and O–H groups in total. The third kappa shape index (κ3) is 12.5. The van der Waals surface area contributed by atoms with Crippen molar-refractivity contribution < 1.29 is 55.5 Å². The molecule has 2 heterocycles. The number of nitrogens with zero attached hydrogens (tertiary/aromatic N) is 3. The maximum absolute atomic E-state index is 13.4. The second-order valence-electron chi connectivity index (χ2n) is 14.6. The van der Waals surface area contributed by atoms with Crippen molar-refractivity contribution in [2.45, 2.75) is 44.8 Å². The molecule has 1 unspecified atom stereocenters. The lowest BCUT2D eigenvalue weighted by atomic mass is 10.0. The second-order valence-corrected chi connectivity index (χ2v) is 17.4. The molecule has 1 saturated heterocycles. The molecule has 0 amide bonds. The van der Waals surface area contributed by atoms with E-state index in [-0.39, 0.29) is 45.8 Å². The molecule has 3 aromatic rings. The van der Waals surface area contributed by atoms with Gasteiger partial charge in [0.15, 0.2) is 30.5 Å². The van der Waals surface area contributed by atoms with Crippen molar-refractivity contribution in [1.29, 1.82) is 0 Å². The molecule has 2 aromatic carbocycles.